The lowest BCUT2D eigenvalue weighted by atomic mass is 10.0. The summed E-state index contributed by atoms with van der Waals surface area (Å²) in [6, 6.07) is 9.02. The van der Waals surface area contributed by atoms with Crippen molar-refractivity contribution in [2.45, 2.75) is 6.04 Å². The summed E-state index contributed by atoms with van der Waals surface area (Å²) in [6.45, 7) is 0. The van der Waals surface area contributed by atoms with Crippen LogP contribution in [0.1, 0.15) is 27.8 Å². The number of nitrogens with one attached hydrogen (secondary N) is 1. The number of methoxy groups -OCH3 is 1. The van der Waals surface area contributed by atoms with Crippen LogP contribution in [0.15, 0.2) is 51.9 Å². The molecule has 124 valence electrons. The number of hydrogen-bond acceptors (Lipinski definition) is 4. The van der Waals surface area contributed by atoms with Crippen molar-refractivity contribution in [1.82, 2.24) is 14.9 Å². The van der Waals surface area contributed by atoms with E-state index < -0.39 is 6.04 Å². The van der Waals surface area contributed by atoms with E-state index in [2.05, 4.69) is 26.2 Å². The van der Waals surface area contributed by atoms with Gasteiger partial charge >= 0.3 is 0 Å². The minimum absolute atomic E-state index is 0.157. The van der Waals surface area contributed by atoms with Crippen molar-refractivity contribution in [3.05, 3.63) is 68.8 Å². The van der Waals surface area contributed by atoms with Gasteiger partial charge in [0.05, 0.1) is 16.5 Å². The molecule has 0 fully saturated rings. The van der Waals surface area contributed by atoms with Crippen LogP contribution >= 0.6 is 27.3 Å². The average Bonchev–Trinajstić information content (AvgIpc) is 3.21. The van der Waals surface area contributed by atoms with E-state index in [1.807, 2.05) is 47.5 Å². The highest BCUT2D eigenvalue weighted by atomic mass is 79.9. The fourth-order valence-electron chi connectivity index (χ4n) is 2.49. The third kappa shape index (κ3) is 3.37. The van der Waals surface area contributed by atoms with Crippen LogP contribution in [0.5, 0.6) is 5.75 Å². The van der Waals surface area contributed by atoms with Crippen LogP contribution in [0.4, 0.5) is 0 Å². The number of benzene rings is 1. The number of thiophene rings is 1. The lowest BCUT2D eigenvalue weighted by Gasteiger charge is -2.21. The highest BCUT2D eigenvalue weighted by molar-refractivity contribution is 9.11. The first-order chi connectivity index (χ1) is 11.6. The molecule has 0 unspecified atom stereocenters. The summed E-state index contributed by atoms with van der Waals surface area (Å²) in [5.41, 5.74) is 1.47. The largest absolute Gasteiger partial charge is 0.496 e. The maximum Gasteiger partial charge on any atom is 0.253 e. The van der Waals surface area contributed by atoms with E-state index in [1.54, 1.807) is 19.4 Å². The Morgan fingerprint density at radius 1 is 1.42 bits per heavy atom. The van der Waals surface area contributed by atoms with E-state index in [0.29, 0.717) is 11.3 Å². The average molecular weight is 406 g/mol. The molecule has 0 aliphatic carbocycles. The van der Waals surface area contributed by atoms with Crippen LogP contribution in [0, 0.1) is 0 Å². The van der Waals surface area contributed by atoms with Crippen LogP contribution in [0.2, 0.25) is 0 Å². The van der Waals surface area contributed by atoms with Gasteiger partial charge in [0, 0.05) is 30.4 Å². The Bertz CT molecular complexity index is 859. The summed E-state index contributed by atoms with van der Waals surface area (Å²) < 4.78 is 8.27. The van der Waals surface area contributed by atoms with Crippen molar-refractivity contribution in [3.63, 3.8) is 0 Å². The fourth-order valence-corrected chi connectivity index (χ4v) is 3.62. The van der Waals surface area contributed by atoms with Crippen LogP contribution in [-0.4, -0.2) is 22.6 Å². The molecule has 7 heteroatoms. The van der Waals surface area contributed by atoms with E-state index in [4.69, 9.17) is 4.74 Å². The number of carbonyl (C=O) groups is 1. The lowest BCUT2D eigenvalue weighted by Crippen LogP contribution is -2.31. The molecule has 0 saturated carbocycles. The summed E-state index contributed by atoms with van der Waals surface area (Å²) in [4.78, 5) is 17.1. The molecule has 0 aliphatic heterocycles. The number of aryl methyl sites for hydroxylation is 1. The molecule has 2 heterocycles. The van der Waals surface area contributed by atoms with Gasteiger partial charge in [-0.2, -0.15) is 0 Å². The molecule has 0 bridgehead atoms. The number of ether oxygens (including phenoxy) is 1. The topological polar surface area (TPSA) is 56.1 Å². The highest BCUT2D eigenvalue weighted by Crippen LogP contribution is 2.30. The Hall–Kier alpha value is -2.12. The molecule has 3 aromatic rings. The number of hydrogen-bond donors (Lipinski definition) is 1. The molecule has 24 heavy (non-hydrogen) atoms. The van der Waals surface area contributed by atoms with Gasteiger partial charge in [-0.15, -0.1) is 11.3 Å². The highest BCUT2D eigenvalue weighted by Gasteiger charge is 2.24. The molecule has 0 spiro atoms. The smallest absolute Gasteiger partial charge is 0.253 e. The van der Waals surface area contributed by atoms with Gasteiger partial charge in [0.2, 0.25) is 0 Å². The zero-order chi connectivity index (χ0) is 17.1. The Kier molecular flexibility index (Phi) is 5.01. The normalized spacial score (nSPS) is 12.0. The second kappa shape index (κ2) is 7.19. The van der Waals surface area contributed by atoms with E-state index in [-0.39, 0.29) is 5.91 Å². The number of imidazole rings is 1. The molecule has 1 N–H and O–H groups in total. The summed E-state index contributed by atoms with van der Waals surface area (Å²) in [5, 5.41) is 4.88. The summed E-state index contributed by atoms with van der Waals surface area (Å²) in [6.07, 6.45) is 3.57. The van der Waals surface area contributed by atoms with Gasteiger partial charge < -0.3 is 14.6 Å². The van der Waals surface area contributed by atoms with Crippen molar-refractivity contribution in [1.29, 1.82) is 0 Å². The Balaban J connectivity index is 2.00. The van der Waals surface area contributed by atoms with E-state index in [1.165, 1.54) is 11.3 Å². The predicted octanol–water partition coefficient (Wildman–Crippen LogP) is 3.77. The molecule has 5 nitrogen and oxygen atoms in total. The van der Waals surface area contributed by atoms with Crippen LogP contribution in [0.25, 0.3) is 0 Å². The number of para-hydroxylation sites is 1. The van der Waals surface area contributed by atoms with Gasteiger partial charge in [0.15, 0.2) is 0 Å². The SMILES string of the molecule is COc1ccccc1[C@H](NC(=O)c1csc(Br)c1)c1nccn1C. The number of rotatable bonds is 5. The minimum Gasteiger partial charge on any atom is -0.496 e. The monoisotopic (exact) mass is 405 g/mol. The molecule has 0 radical (unpaired) electrons. The van der Waals surface area contributed by atoms with Crippen molar-refractivity contribution in [2.24, 2.45) is 7.05 Å². The number of halogens is 1. The quantitative estimate of drug-likeness (QED) is 0.702. The first-order valence-electron chi connectivity index (χ1n) is 7.25. The molecule has 3 rings (SSSR count). The Morgan fingerprint density at radius 2 is 2.21 bits per heavy atom. The van der Waals surface area contributed by atoms with Gasteiger partial charge in [-0.3, -0.25) is 4.79 Å². The van der Waals surface area contributed by atoms with Crippen molar-refractivity contribution in [2.75, 3.05) is 7.11 Å². The minimum atomic E-state index is -0.410. The van der Waals surface area contributed by atoms with Gasteiger partial charge in [-0.05, 0) is 28.1 Å². The molecule has 0 aliphatic rings. The zero-order valence-corrected chi connectivity index (χ0v) is 15.6. The maximum atomic E-state index is 12.6. The number of nitrogens with zero attached hydrogens (tertiary/aromatic N) is 2. The van der Waals surface area contributed by atoms with Crippen molar-refractivity contribution in [3.8, 4) is 5.75 Å². The van der Waals surface area contributed by atoms with Gasteiger partial charge in [-0.25, -0.2) is 4.98 Å². The third-order valence-corrected chi connectivity index (χ3v) is 5.18. The van der Waals surface area contributed by atoms with Gasteiger partial charge in [0.25, 0.3) is 5.91 Å². The lowest BCUT2D eigenvalue weighted by molar-refractivity contribution is 0.0941. The van der Waals surface area contributed by atoms with Crippen LogP contribution < -0.4 is 10.1 Å². The molecule has 1 aromatic carbocycles. The summed E-state index contributed by atoms with van der Waals surface area (Å²) >= 11 is 4.86. The third-order valence-electron chi connectivity index (χ3n) is 3.67. The second-order valence-electron chi connectivity index (χ2n) is 5.18. The van der Waals surface area contributed by atoms with E-state index in [9.17, 15) is 4.79 Å². The van der Waals surface area contributed by atoms with Crippen molar-refractivity contribution < 1.29 is 9.53 Å². The van der Waals surface area contributed by atoms with Crippen LogP contribution in [0.3, 0.4) is 0 Å². The fraction of sp³-hybridized carbons (Fsp3) is 0.176. The number of amides is 1. The second-order valence-corrected chi connectivity index (χ2v) is 7.47. The van der Waals surface area contributed by atoms with Crippen LogP contribution in [-0.2, 0) is 7.05 Å². The Labute approximate surface area is 152 Å². The standard InChI is InChI=1S/C17H16BrN3O2S/c1-21-8-7-19-16(21)15(12-5-3-4-6-13(12)23-2)20-17(22)11-9-14(18)24-10-11/h3-10,15H,1-2H3,(H,20,22)/t15-/m0/s1. The van der Waals surface area contributed by atoms with Gasteiger partial charge in [-0.1, -0.05) is 18.2 Å². The van der Waals surface area contributed by atoms with E-state index in [0.717, 1.165) is 15.2 Å². The zero-order valence-electron chi connectivity index (χ0n) is 13.2. The number of aromatic nitrogens is 2. The molecule has 1 amide bonds. The molecule has 2 aromatic heterocycles. The maximum absolute atomic E-state index is 12.6. The first kappa shape index (κ1) is 16.7. The van der Waals surface area contributed by atoms with E-state index >= 15 is 0 Å². The van der Waals surface area contributed by atoms with Gasteiger partial charge in [0.1, 0.15) is 17.6 Å². The summed E-state index contributed by atoms with van der Waals surface area (Å²) in [5.74, 6) is 1.29. The molecule has 0 saturated heterocycles. The predicted molar refractivity (Wildman–Crippen MR) is 97.5 cm³/mol. The first-order valence-corrected chi connectivity index (χ1v) is 8.92. The van der Waals surface area contributed by atoms with Crippen molar-refractivity contribution >= 4 is 33.2 Å². The summed E-state index contributed by atoms with van der Waals surface area (Å²) in [7, 11) is 3.52. The molecular weight excluding hydrogens is 390 g/mol. The molecular formula is C17H16BrN3O2S. The molecule has 1 atom stereocenters. The number of carbonyl (C=O) groups excluding carboxylic acids is 1. The Morgan fingerprint density at radius 3 is 2.83 bits per heavy atom.